The average molecular weight is 424 g/mol. The lowest BCUT2D eigenvalue weighted by atomic mass is 9.98. The Labute approximate surface area is 185 Å². The van der Waals surface area contributed by atoms with Gasteiger partial charge >= 0.3 is 6.09 Å². The summed E-state index contributed by atoms with van der Waals surface area (Å²) in [4.78, 5) is 28.8. The van der Waals surface area contributed by atoms with Crippen LogP contribution < -0.4 is 5.32 Å². The van der Waals surface area contributed by atoms with Crippen LogP contribution in [0.2, 0.25) is 0 Å². The number of carbonyl (C=O) groups is 2. The second kappa shape index (κ2) is 11.5. The zero-order valence-electron chi connectivity index (χ0n) is 18.5. The first-order valence-corrected chi connectivity index (χ1v) is 11.1. The molecule has 1 heterocycles. The van der Waals surface area contributed by atoms with Gasteiger partial charge < -0.3 is 15.0 Å². The summed E-state index contributed by atoms with van der Waals surface area (Å²) in [6.07, 6.45) is 0.188. The third-order valence-electron chi connectivity index (χ3n) is 5.40. The van der Waals surface area contributed by atoms with Gasteiger partial charge in [0.25, 0.3) is 0 Å². The van der Waals surface area contributed by atoms with Gasteiger partial charge in [0.2, 0.25) is 5.91 Å². The van der Waals surface area contributed by atoms with Gasteiger partial charge in [-0.2, -0.15) is 0 Å². The molecule has 0 spiro atoms. The summed E-state index contributed by atoms with van der Waals surface area (Å²) in [5.74, 6) is 0.357. The summed E-state index contributed by atoms with van der Waals surface area (Å²) < 4.78 is 5.31. The van der Waals surface area contributed by atoms with Crippen molar-refractivity contribution in [3.05, 3.63) is 71.8 Å². The molecule has 1 saturated heterocycles. The summed E-state index contributed by atoms with van der Waals surface area (Å²) in [5, 5.41) is 3.19. The molecular weight excluding hydrogens is 390 g/mol. The zero-order chi connectivity index (χ0) is 22.1. The Morgan fingerprint density at radius 2 is 1.45 bits per heavy atom. The molecule has 6 heteroatoms. The molecule has 1 aliphatic rings. The smallest absolute Gasteiger partial charge is 0.409 e. The highest BCUT2D eigenvalue weighted by atomic mass is 16.6. The van der Waals surface area contributed by atoms with Crippen molar-refractivity contribution >= 4 is 12.0 Å². The van der Waals surface area contributed by atoms with Gasteiger partial charge in [-0.05, 0) is 17.0 Å². The third kappa shape index (κ3) is 7.10. The fourth-order valence-corrected chi connectivity index (χ4v) is 3.63. The van der Waals surface area contributed by atoms with E-state index in [1.165, 1.54) is 0 Å². The van der Waals surface area contributed by atoms with E-state index in [2.05, 4.69) is 10.2 Å². The molecule has 0 unspecified atom stereocenters. The van der Waals surface area contributed by atoms with Gasteiger partial charge in [0.1, 0.15) is 0 Å². The van der Waals surface area contributed by atoms with Crippen molar-refractivity contribution in [3.63, 3.8) is 0 Å². The standard InChI is InChI=1S/C25H33N3O3/c1-20(2)19-31-25(30)28-17-15-27(16-18-28)14-13-23(29)26-24(21-9-5-3-6-10-21)22-11-7-4-8-12-22/h3-12,20,24H,13-19H2,1-2H3,(H,26,29). The van der Waals surface area contributed by atoms with Crippen molar-refractivity contribution < 1.29 is 14.3 Å². The van der Waals surface area contributed by atoms with Crippen molar-refractivity contribution in [1.82, 2.24) is 15.1 Å². The van der Waals surface area contributed by atoms with Crippen LogP contribution in [0, 0.1) is 5.92 Å². The predicted octanol–water partition coefficient (Wildman–Crippen LogP) is 3.69. The van der Waals surface area contributed by atoms with E-state index in [9.17, 15) is 9.59 Å². The van der Waals surface area contributed by atoms with E-state index in [1.54, 1.807) is 4.90 Å². The van der Waals surface area contributed by atoms with E-state index in [4.69, 9.17) is 4.74 Å². The number of hydrogen-bond donors (Lipinski definition) is 1. The quantitative estimate of drug-likeness (QED) is 0.703. The molecule has 6 nitrogen and oxygen atoms in total. The molecule has 0 bridgehead atoms. The molecule has 31 heavy (non-hydrogen) atoms. The Morgan fingerprint density at radius 3 is 1.97 bits per heavy atom. The minimum Gasteiger partial charge on any atom is -0.449 e. The maximum atomic E-state index is 12.7. The molecule has 1 fully saturated rings. The second-order valence-corrected chi connectivity index (χ2v) is 8.37. The van der Waals surface area contributed by atoms with Gasteiger partial charge in [0, 0.05) is 39.1 Å². The predicted molar refractivity (Wildman–Crippen MR) is 122 cm³/mol. The van der Waals surface area contributed by atoms with Crippen LogP contribution in [0.4, 0.5) is 4.79 Å². The lowest BCUT2D eigenvalue weighted by Crippen LogP contribution is -2.49. The highest BCUT2D eigenvalue weighted by molar-refractivity contribution is 5.77. The second-order valence-electron chi connectivity index (χ2n) is 8.37. The van der Waals surface area contributed by atoms with E-state index >= 15 is 0 Å². The SMILES string of the molecule is CC(C)COC(=O)N1CCN(CCC(=O)NC(c2ccccc2)c2ccccc2)CC1. The van der Waals surface area contributed by atoms with Crippen molar-refractivity contribution in [3.8, 4) is 0 Å². The summed E-state index contributed by atoms with van der Waals surface area (Å²) in [6.45, 7) is 7.95. The highest BCUT2D eigenvalue weighted by Gasteiger charge is 2.23. The number of rotatable bonds is 8. The molecule has 0 atom stereocenters. The van der Waals surface area contributed by atoms with Crippen LogP contribution in [-0.2, 0) is 9.53 Å². The van der Waals surface area contributed by atoms with Crippen molar-refractivity contribution in [2.45, 2.75) is 26.3 Å². The van der Waals surface area contributed by atoms with E-state index in [-0.39, 0.29) is 18.0 Å². The lowest BCUT2D eigenvalue weighted by molar-refractivity contribution is -0.122. The van der Waals surface area contributed by atoms with Crippen LogP contribution in [0.5, 0.6) is 0 Å². The zero-order valence-corrected chi connectivity index (χ0v) is 18.5. The van der Waals surface area contributed by atoms with Crippen LogP contribution in [0.3, 0.4) is 0 Å². The Kier molecular flexibility index (Phi) is 8.47. The molecule has 2 aromatic rings. The van der Waals surface area contributed by atoms with Gasteiger partial charge in [-0.3, -0.25) is 9.69 Å². The Morgan fingerprint density at radius 1 is 0.903 bits per heavy atom. The molecule has 0 saturated carbocycles. The summed E-state index contributed by atoms with van der Waals surface area (Å²) in [6, 6.07) is 19.9. The number of amides is 2. The molecule has 3 rings (SSSR count). The Bertz CT molecular complexity index is 779. The van der Waals surface area contributed by atoms with Gasteiger partial charge in [0.15, 0.2) is 0 Å². The molecule has 0 aromatic heterocycles. The molecule has 0 radical (unpaired) electrons. The van der Waals surface area contributed by atoms with Gasteiger partial charge in [-0.25, -0.2) is 4.79 Å². The normalized spacial score (nSPS) is 14.6. The Hall–Kier alpha value is -2.86. The Balaban J connectivity index is 1.47. The summed E-state index contributed by atoms with van der Waals surface area (Å²) >= 11 is 0. The number of benzene rings is 2. The average Bonchev–Trinajstić information content (AvgIpc) is 2.81. The van der Waals surface area contributed by atoms with Gasteiger partial charge in [0.05, 0.1) is 12.6 Å². The first kappa shape index (κ1) is 22.8. The van der Waals surface area contributed by atoms with E-state index in [1.807, 2.05) is 74.5 Å². The third-order valence-corrected chi connectivity index (χ3v) is 5.40. The van der Waals surface area contributed by atoms with Crippen LogP contribution in [0.15, 0.2) is 60.7 Å². The number of nitrogens with zero attached hydrogens (tertiary/aromatic N) is 2. The van der Waals surface area contributed by atoms with E-state index < -0.39 is 0 Å². The van der Waals surface area contributed by atoms with Crippen LogP contribution in [0.25, 0.3) is 0 Å². The van der Waals surface area contributed by atoms with Gasteiger partial charge in [-0.1, -0.05) is 74.5 Å². The first-order valence-electron chi connectivity index (χ1n) is 11.1. The number of hydrogen-bond acceptors (Lipinski definition) is 4. The molecule has 1 aliphatic heterocycles. The summed E-state index contributed by atoms with van der Waals surface area (Å²) in [5.41, 5.74) is 2.13. The molecule has 166 valence electrons. The van der Waals surface area contributed by atoms with E-state index in [0.29, 0.717) is 38.6 Å². The van der Waals surface area contributed by atoms with Crippen molar-refractivity contribution in [2.24, 2.45) is 5.92 Å². The largest absolute Gasteiger partial charge is 0.449 e. The van der Waals surface area contributed by atoms with Crippen LogP contribution in [0.1, 0.15) is 37.4 Å². The van der Waals surface area contributed by atoms with Crippen LogP contribution in [-0.4, -0.2) is 61.1 Å². The summed E-state index contributed by atoms with van der Waals surface area (Å²) in [7, 11) is 0. The minimum atomic E-state index is -0.236. The van der Waals surface area contributed by atoms with Gasteiger partial charge in [-0.15, -0.1) is 0 Å². The number of nitrogens with one attached hydrogen (secondary N) is 1. The highest BCUT2D eigenvalue weighted by Crippen LogP contribution is 2.21. The lowest BCUT2D eigenvalue weighted by Gasteiger charge is -2.34. The molecule has 2 amide bonds. The minimum absolute atomic E-state index is 0.0245. The fraction of sp³-hybridized carbons (Fsp3) is 0.440. The first-order chi connectivity index (χ1) is 15.0. The maximum absolute atomic E-state index is 12.7. The van der Waals surface area contributed by atoms with Crippen molar-refractivity contribution in [1.29, 1.82) is 0 Å². The number of piperazine rings is 1. The molecular formula is C25H33N3O3. The van der Waals surface area contributed by atoms with Crippen LogP contribution >= 0.6 is 0 Å². The van der Waals surface area contributed by atoms with E-state index in [0.717, 1.165) is 24.2 Å². The van der Waals surface area contributed by atoms with Crippen molar-refractivity contribution in [2.75, 3.05) is 39.3 Å². The maximum Gasteiger partial charge on any atom is 0.409 e. The molecule has 2 aromatic carbocycles. The fourth-order valence-electron chi connectivity index (χ4n) is 3.63. The number of carbonyl (C=O) groups excluding carboxylic acids is 2. The monoisotopic (exact) mass is 423 g/mol. The molecule has 0 aliphatic carbocycles. The molecule has 1 N–H and O–H groups in total. The number of ether oxygens (including phenoxy) is 1. The topological polar surface area (TPSA) is 61.9 Å².